The van der Waals surface area contributed by atoms with Crippen LogP contribution in [0, 0.1) is 17.8 Å². The quantitative estimate of drug-likeness (QED) is 0.715. The molecule has 1 saturated carbocycles. The first-order valence-corrected chi connectivity index (χ1v) is 6.96. The lowest BCUT2D eigenvalue weighted by atomic mass is 9.94. The molecule has 0 radical (unpaired) electrons. The summed E-state index contributed by atoms with van der Waals surface area (Å²) in [6.07, 6.45) is 3.03. The molecule has 3 rings (SSSR count). The Morgan fingerprint density at radius 1 is 1.26 bits per heavy atom. The number of carboxylic acids is 1. The van der Waals surface area contributed by atoms with E-state index in [4.69, 9.17) is 10.5 Å². The SMILES string of the molecule is NC1COCC1C(=O)N1CC2CCCC2C1C(=O)O. The zero-order chi connectivity index (χ0) is 13.6. The Labute approximate surface area is 111 Å². The molecule has 0 aromatic rings. The largest absolute Gasteiger partial charge is 0.480 e. The van der Waals surface area contributed by atoms with E-state index in [1.54, 1.807) is 4.90 Å². The van der Waals surface area contributed by atoms with Crippen LogP contribution in [0.3, 0.4) is 0 Å². The highest BCUT2D eigenvalue weighted by Crippen LogP contribution is 2.42. The van der Waals surface area contributed by atoms with Crippen LogP contribution in [0.1, 0.15) is 19.3 Å². The Morgan fingerprint density at radius 3 is 2.68 bits per heavy atom. The van der Waals surface area contributed by atoms with E-state index >= 15 is 0 Å². The highest BCUT2D eigenvalue weighted by molar-refractivity contribution is 5.86. The van der Waals surface area contributed by atoms with Gasteiger partial charge in [0.05, 0.1) is 19.1 Å². The van der Waals surface area contributed by atoms with Crippen molar-refractivity contribution < 1.29 is 19.4 Å². The van der Waals surface area contributed by atoms with Gasteiger partial charge >= 0.3 is 5.97 Å². The lowest BCUT2D eigenvalue weighted by molar-refractivity contribution is -0.151. The molecule has 1 aliphatic carbocycles. The molecule has 3 fully saturated rings. The van der Waals surface area contributed by atoms with Crippen LogP contribution >= 0.6 is 0 Å². The lowest BCUT2D eigenvalue weighted by Crippen LogP contribution is -2.49. The monoisotopic (exact) mass is 268 g/mol. The Balaban J connectivity index is 1.79. The normalized spacial score (nSPS) is 41.5. The molecule has 2 heterocycles. The van der Waals surface area contributed by atoms with Crippen molar-refractivity contribution in [2.45, 2.75) is 31.3 Å². The minimum absolute atomic E-state index is 0.125. The van der Waals surface area contributed by atoms with Gasteiger partial charge in [-0.05, 0) is 24.7 Å². The van der Waals surface area contributed by atoms with E-state index < -0.39 is 12.0 Å². The van der Waals surface area contributed by atoms with E-state index in [1.807, 2.05) is 0 Å². The summed E-state index contributed by atoms with van der Waals surface area (Å²) in [5.74, 6) is -0.911. The fourth-order valence-electron chi connectivity index (χ4n) is 3.89. The highest BCUT2D eigenvalue weighted by Gasteiger charge is 2.51. The molecule has 0 bridgehead atoms. The number of amides is 1. The number of aliphatic carboxylic acids is 1. The van der Waals surface area contributed by atoms with Gasteiger partial charge in [0, 0.05) is 12.6 Å². The zero-order valence-electron chi connectivity index (χ0n) is 10.8. The summed E-state index contributed by atoms with van der Waals surface area (Å²) in [6, 6.07) is -0.963. The lowest BCUT2D eigenvalue weighted by Gasteiger charge is -2.27. The van der Waals surface area contributed by atoms with Crippen molar-refractivity contribution in [1.29, 1.82) is 0 Å². The Morgan fingerprint density at radius 2 is 2.05 bits per heavy atom. The van der Waals surface area contributed by atoms with Crippen LogP contribution in [-0.2, 0) is 14.3 Å². The molecule has 5 unspecified atom stereocenters. The number of nitrogens with zero attached hydrogens (tertiary/aromatic N) is 1. The van der Waals surface area contributed by atoms with Crippen molar-refractivity contribution in [3.8, 4) is 0 Å². The first-order valence-electron chi connectivity index (χ1n) is 6.96. The second-order valence-electron chi connectivity index (χ2n) is 5.94. The number of carbonyl (C=O) groups is 2. The van der Waals surface area contributed by atoms with Gasteiger partial charge < -0.3 is 20.5 Å². The van der Waals surface area contributed by atoms with Crippen molar-refractivity contribution >= 4 is 11.9 Å². The molecular weight excluding hydrogens is 248 g/mol. The Kier molecular flexibility index (Phi) is 3.22. The first kappa shape index (κ1) is 12.9. The third-order valence-electron chi connectivity index (χ3n) is 4.87. The van der Waals surface area contributed by atoms with Gasteiger partial charge in [-0.1, -0.05) is 6.42 Å². The number of hydrogen-bond donors (Lipinski definition) is 2. The summed E-state index contributed by atoms with van der Waals surface area (Å²) >= 11 is 0. The van der Waals surface area contributed by atoms with Gasteiger partial charge in [-0.3, -0.25) is 4.79 Å². The average molecular weight is 268 g/mol. The van der Waals surface area contributed by atoms with Crippen molar-refractivity contribution in [2.24, 2.45) is 23.5 Å². The molecule has 3 aliphatic rings. The summed E-state index contributed by atoms with van der Waals surface area (Å²) in [6.45, 7) is 1.27. The van der Waals surface area contributed by atoms with Gasteiger partial charge in [0.1, 0.15) is 6.04 Å². The summed E-state index contributed by atoms with van der Waals surface area (Å²) in [7, 11) is 0. The minimum Gasteiger partial charge on any atom is -0.480 e. The smallest absolute Gasteiger partial charge is 0.326 e. The minimum atomic E-state index is -0.879. The predicted octanol–water partition coefficient (Wildman–Crippen LogP) is -0.328. The van der Waals surface area contributed by atoms with Gasteiger partial charge in [0.2, 0.25) is 5.91 Å². The van der Waals surface area contributed by atoms with Gasteiger partial charge in [-0.2, -0.15) is 0 Å². The molecular formula is C13H20N2O4. The first-order chi connectivity index (χ1) is 9.09. The van der Waals surface area contributed by atoms with Crippen molar-refractivity contribution in [3.05, 3.63) is 0 Å². The van der Waals surface area contributed by atoms with E-state index in [0.29, 0.717) is 25.7 Å². The molecule has 6 heteroatoms. The van der Waals surface area contributed by atoms with Crippen LogP contribution in [0.2, 0.25) is 0 Å². The van der Waals surface area contributed by atoms with Crippen molar-refractivity contribution in [1.82, 2.24) is 4.90 Å². The number of likely N-dealkylation sites (tertiary alicyclic amines) is 1. The molecule has 6 nitrogen and oxygen atoms in total. The maximum Gasteiger partial charge on any atom is 0.326 e. The number of rotatable bonds is 2. The third kappa shape index (κ3) is 2.03. The molecule has 3 N–H and O–H groups in total. The fourth-order valence-corrected chi connectivity index (χ4v) is 3.89. The van der Waals surface area contributed by atoms with Crippen LogP contribution in [-0.4, -0.2) is 53.7 Å². The molecule has 0 spiro atoms. The van der Waals surface area contributed by atoms with Crippen LogP contribution in [0.4, 0.5) is 0 Å². The van der Waals surface area contributed by atoms with Gasteiger partial charge in [-0.25, -0.2) is 4.79 Å². The second-order valence-corrected chi connectivity index (χ2v) is 5.94. The second kappa shape index (κ2) is 4.76. The summed E-state index contributed by atoms with van der Waals surface area (Å²) in [5.41, 5.74) is 5.86. The maximum atomic E-state index is 12.5. The number of carboxylic acid groups (broad SMARTS) is 1. The number of hydrogen-bond acceptors (Lipinski definition) is 4. The third-order valence-corrected chi connectivity index (χ3v) is 4.87. The molecule has 0 aromatic carbocycles. The summed E-state index contributed by atoms with van der Waals surface area (Å²) < 4.78 is 5.22. The van der Waals surface area contributed by atoms with E-state index in [2.05, 4.69) is 0 Å². The summed E-state index contributed by atoms with van der Waals surface area (Å²) in [4.78, 5) is 25.6. The standard InChI is InChI=1S/C13H20N2O4/c14-10-6-19-5-9(10)12(16)15-4-7-2-1-3-8(7)11(15)13(17)18/h7-11H,1-6,14H2,(H,17,18). The molecule has 19 heavy (non-hydrogen) atoms. The van der Waals surface area contributed by atoms with E-state index in [9.17, 15) is 14.7 Å². The van der Waals surface area contributed by atoms with Crippen LogP contribution < -0.4 is 5.73 Å². The molecule has 106 valence electrons. The van der Waals surface area contributed by atoms with E-state index in [0.717, 1.165) is 19.3 Å². The molecule has 1 amide bonds. The highest BCUT2D eigenvalue weighted by atomic mass is 16.5. The van der Waals surface area contributed by atoms with Crippen molar-refractivity contribution in [3.63, 3.8) is 0 Å². The molecule has 2 saturated heterocycles. The Bertz CT molecular complexity index is 400. The van der Waals surface area contributed by atoms with E-state index in [-0.39, 0.29) is 23.8 Å². The molecule has 5 atom stereocenters. The van der Waals surface area contributed by atoms with Gasteiger partial charge in [0.25, 0.3) is 0 Å². The average Bonchev–Trinajstić information content (AvgIpc) is 3.00. The molecule has 0 aromatic heterocycles. The van der Waals surface area contributed by atoms with Crippen LogP contribution in [0.5, 0.6) is 0 Å². The van der Waals surface area contributed by atoms with E-state index in [1.165, 1.54) is 0 Å². The predicted molar refractivity (Wildman–Crippen MR) is 66.3 cm³/mol. The number of ether oxygens (including phenoxy) is 1. The molecule has 2 aliphatic heterocycles. The fraction of sp³-hybridized carbons (Fsp3) is 0.846. The zero-order valence-corrected chi connectivity index (χ0v) is 10.8. The van der Waals surface area contributed by atoms with Gasteiger partial charge in [-0.15, -0.1) is 0 Å². The van der Waals surface area contributed by atoms with Crippen LogP contribution in [0.15, 0.2) is 0 Å². The Hall–Kier alpha value is -1.14. The summed E-state index contributed by atoms with van der Waals surface area (Å²) in [5, 5.41) is 9.43. The van der Waals surface area contributed by atoms with Crippen LogP contribution in [0.25, 0.3) is 0 Å². The number of nitrogens with two attached hydrogens (primary N) is 1. The topological polar surface area (TPSA) is 92.9 Å². The number of carbonyl (C=O) groups excluding carboxylic acids is 1. The maximum absolute atomic E-state index is 12.5. The van der Waals surface area contributed by atoms with Gasteiger partial charge in [0.15, 0.2) is 0 Å². The van der Waals surface area contributed by atoms with Crippen molar-refractivity contribution in [2.75, 3.05) is 19.8 Å². The number of fused-ring (bicyclic) bond motifs is 1.